The van der Waals surface area contributed by atoms with Crippen LogP contribution in [-0.4, -0.2) is 12.9 Å². The van der Waals surface area contributed by atoms with Crippen molar-refractivity contribution in [3.8, 4) is 5.75 Å². The van der Waals surface area contributed by atoms with Crippen LogP contribution in [0.15, 0.2) is 18.2 Å². The maximum absolute atomic E-state index is 11.9. The SMILES string of the molecule is COc1ccc(C)cc1C(=O)C1CC1. The molecule has 1 fully saturated rings. The summed E-state index contributed by atoms with van der Waals surface area (Å²) in [6.45, 7) is 1.99. The van der Waals surface area contributed by atoms with Crippen molar-refractivity contribution >= 4 is 5.78 Å². The first-order chi connectivity index (χ1) is 6.72. The van der Waals surface area contributed by atoms with Crippen molar-refractivity contribution in [2.24, 2.45) is 5.92 Å². The van der Waals surface area contributed by atoms with Crippen molar-refractivity contribution in [2.75, 3.05) is 7.11 Å². The molecule has 0 unspecified atom stereocenters. The standard InChI is InChI=1S/C12H14O2/c1-8-3-6-11(14-2)10(7-8)12(13)9-4-5-9/h3,6-7,9H,4-5H2,1-2H3. The Kier molecular flexibility index (Phi) is 2.28. The monoisotopic (exact) mass is 190 g/mol. The smallest absolute Gasteiger partial charge is 0.169 e. The van der Waals surface area contributed by atoms with Crippen molar-refractivity contribution < 1.29 is 9.53 Å². The number of hydrogen-bond acceptors (Lipinski definition) is 2. The molecule has 74 valence electrons. The maximum atomic E-state index is 11.9. The van der Waals surface area contributed by atoms with Gasteiger partial charge < -0.3 is 4.74 Å². The number of carbonyl (C=O) groups is 1. The van der Waals surface area contributed by atoms with Gasteiger partial charge in [0.1, 0.15) is 5.75 Å². The number of hydrogen-bond donors (Lipinski definition) is 0. The van der Waals surface area contributed by atoms with Crippen LogP contribution in [0, 0.1) is 12.8 Å². The van der Waals surface area contributed by atoms with Crippen LogP contribution in [0.4, 0.5) is 0 Å². The maximum Gasteiger partial charge on any atom is 0.169 e. The first-order valence-corrected chi connectivity index (χ1v) is 4.91. The van der Waals surface area contributed by atoms with Gasteiger partial charge in [0.05, 0.1) is 12.7 Å². The number of aryl methyl sites for hydroxylation is 1. The molecule has 0 amide bonds. The molecule has 0 bridgehead atoms. The third-order valence-corrected chi connectivity index (χ3v) is 2.57. The molecule has 2 heteroatoms. The highest BCUT2D eigenvalue weighted by molar-refractivity contribution is 6.01. The molecule has 1 aromatic rings. The van der Waals surface area contributed by atoms with Gasteiger partial charge in [-0.1, -0.05) is 11.6 Å². The van der Waals surface area contributed by atoms with E-state index in [1.807, 2.05) is 25.1 Å². The fraction of sp³-hybridized carbons (Fsp3) is 0.417. The molecule has 0 N–H and O–H groups in total. The minimum absolute atomic E-state index is 0.241. The van der Waals surface area contributed by atoms with Crippen molar-refractivity contribution in [1.82, 2.24) is 0 Å². The fourth-order valence-corrected chi connectivity index (χ4v) is 1.58. The van der Waals surface area contributed by atoms with Gasteiger partial charge in [0.2, 0.25) is 0 Å². The zero-order chi connectivity index (χ0) is 10.1. The van der Waals surface area contributed by atoms with E-state index in [0.717, 1.165) is 24.0 Å². The molecule has 2 rings (SSSR count). The first-order valence-electron chi connectivity index (χ1n) is 4.91. The highest BCUT2D eigenvalue weighted by atomic mass is 16.5. The van der Waals surface area contributed by atoms with Crippen LogP contribution in [0.25, 0.3) is 0 Å². The van der Waals surface area contributed by atoms with Gasteiger partial charge >= 0.3 is 0 Å². The van der Waals surface area contributed by atoms with Gasteiger partial charge in [0.25, 0.3) is 0 Å². The first kappa shape index (κ1) is 9.25. The molecule has 0 heterocycles. The van der Waals surface area contributed by atoms with E-state index in [4.69, 9.17) is 4.74 Å². The number of ether oxygens (including phenoxy) is 1. The van der Waals surface area contributed by atoms with Gasteiger partial charge in [-0.25, -0.2) is 0 Å². The van der Waals surface area contributed by atoms with Crippen LogP contribution in [-0.2, 0) is 0 Å². The lowest BCUT2D eigenvalue weighted by Crippen LogP contribution is -2.04. The highest BCUT2D eigenvalue weighted by Crippen LogP contribution is 2.35. The normalized spacial score (nSPS) is 15.3. The van der Waals surface area contributed by atoms with Crippen molar-refractivity contribution in [1.29, 1.82) is 0 Å². The molecule has 0 spiro atoms. The lowest BCUT2D eigenvalue weighted by Gasteiger charge is -2.07. The van der Waals surface area contributed by atoms with E-state index in [-0.39, 0.29) is 11.7 Å². The fourth-order valence-electron chi connectivity index (χ4n) is 1.58. The summed E-state index contributed by atoms with van der Waals surface area (Å²) in [5.74, 6) is 1.20. The average molecular weight is 190 g/mol. The van der Waals surface area contributed by atoms with Gasteiger partial charge in [0.15, 0.2) is 5.78 Å². The van der Waals surface area contributed by atoms with Gasteiger partial charge in [-0.15, -0.1) is 0 Å². The van der Waals surface area contributed by atoms with Crippen LogP contribution in [0.2, 0.25) is 0 Å². The molecular formula is C12H14O2. The van der Waals surface area contributed by atoms with E-state index < -0.39 is 0 Å². The minimum atomic E-state index is 0.241. The van der Waals surface area contributed by atoms with Gasteiger partial charge in [-0.3, -0.25) is 4.79 Å². The second-order valence-corrected chi connectivity index (χ2v) is 3.84. The lowest BCUT2D eigenvalue weighted by atomic mass is 10.0. The van der Waals surface area contributed by atoms with E-state index in [1.165, 1.54) is 0 Å². The Morgan fingerprint density at radius 3 is 2.71 bits per heavy atom. The van der Waals surface area contributed by atoms with Crippen molar-refractivity contribution in [3.63, 3.8) is 0 Å². The third-order valence-electron chi connectivity index (χ3n) is 2.57. The van der Waals surface area contributed by atoms with E-state index >= 15 is 0 Å². The molecule has 2 nitrogen and oxygen atoms in total. The molecule has 0 saturated heterocycles. The van der Waals surface area contributed by atoms with E-state index in [2.05, 4.69) is 0 Å². The van der Waals surface area contributed by atoms with Crippen LogP contribution >= 0.6 is 0 Å². The summed E-state index contributed by atoms with van der Waals surface area (Å²) in [6.07, 6.45) is 2.08. The van der Waals surface area contributed by atoms with E-state index in [9.17, 15) is 4.79 Å². The van der Waals surface area contributed by atoms with Crippen LogP contribution < -0.4 is 4.74 Å². The zero-order valence-corrected chi connectivity index (χ0v) is 8.54. The second-order valence-electron chi connectivity index (χ2n) is 3.84. The molecule has 0 aromatic heterocycles. The second kappa shape index (κ2) is 3.45. The summed E-state index contributed by atoms with van der Waals surface area (Å²) in [5, 5.41) is 0. The summed E-state index contributed by atoms with van der Waals surface area (Å²) in [4.78, 5) is 11.9. The number of ketones is 1. The van der Waals surface area contributed by atoms with Crippen LogP contribution in [0.1, 0.15) is 28.8 Å². The van der Waals surface area contributed by atoms with Gasteiger partial charge in [-0.05, 0) is 31.9 Å². The Morgan fingerprint density at radius 1 is 1.43 bits per heavy atom. The molecule has 1 aliphatic rings. The van der Waals surface area contributed by atoms with E-state index in [1.54, 1.807) is 7.11 Å². The van der Waals surface area contributed by atoms with Crippen LogP contribution in [0.5, 0.6) is 5.75 Å². The summed E-state index contributed by atoms with van der Waals surface area (Å²) in [5.41, 5.74) is 1.85. The Morgan fingerprint density at radius 2 is 2.14 bits per heavy atom. The Bertz CT molecular complexity index is 365. The van der Waals surface area contributed by atoms with E-state index in [0.29, 0.717) is 5.75 Å². The zero-order valence-electron chi connectivity index (χ0n) is 8.54. The number of carbonyl (C=O) groups excluding carboxylic acids is 1. The number of benzene rings is 1. The summed E-state index contributed by atoms with van der Waals surface area (Å²) in [7, 11) is 1.61. The number of rotatable bonds is 3. The summed E-state index contributed by atoms with van der Waals surface area (Å²) < 4.78 is 5.18. The number of methoxy groups -OCH3 is 1. The summed E-state index contributed by atoms with van der Waals surface area (Å²) >= 11 is 0. The molecule has 1 aliphatic carbocycles. The topological polar surface area (TPSA) is 26.3 Å². The predicted octanol–water partition coefficient (Wildman–Crippen LogP) is 2.60. The Hall–Kier alpha value is -1.31. The molecule has 1 saturated carbocycles. The molecule has 0 atom stereocenters. The Labute approximate surface area is 83.9 Å². The average Bonchev–Trinajstić information content (AvgIpc) is 3.00. The summed E-state index contributed by atoms with van der Waals surface area (Å²) in [6, 6.07) is 5.74. The molecule has 1 aromatic carbocycles. The quantitative estimate of drug-likeness (QED) is 0.685. The molecule has 0 radical (unpaired) electrons. The van der Waals surface area contributed by atoms with Crippen LogP contribution in [0.3, 0.4) is 0 Å². The van der Waals surface area contributed by atoms with Gasteiger partial charge in [0, 0.05) is 5.92 Å². The molecule has 14 heavy (non-hydrogen) atoms. The third kappa shape index (κ3) is 1.65. The molecular weight excluding hydrogens is 176 g/mol. The number of Topliss-reactive ketones (excluding diaryl/α,β-unsaturated/α-hetero) is 1. The highest BCUT2D eigenvalue weighted by Gasteiger charge is 2.31. The molecule has 0 aliphatic heterocycles. The predicted molar refractivity (Wildman–Crippen MR) is 54.8 cm³/mol. The van der Waals surface area contributed by atoms with Gasteiger partial charge in [-0.2, -0.15) is 0 Å². The Balaban J connectivity index is 2.37. The van der Waals surface area contributed by atoms with Crippen molar-refractivity contribution in [3.05, 3.63) is 29.3 Å². The minimum Gasteiger partial charge on any atom is -0.496 e. The largest absolute Gasteiger partial charge is 0.496 e. The lowest BCUT2D eigenvalue weighted by molar-refractivity contribution is 0.0964. The van der Waals surface area contributed by atoms with Crippen molar-refractivity contribution in [2.45, 2.75) is 19.8 Å².